The molecular formula is C13H17ClO2. The number of hydrogen-bond acceptors (Lipinski definition) is 2. The second-order valence-electron chi connectivity index (χ2n) is 4.41. The molecular weight excluding hydrogens is 224 g/mol. The van der Waals surface area contributed by atoms with E-state index in [0.29, 0.717) is 6.61 Å². The highest BCUT2D eigenvalue weighted by atomic mass is 35.5. The maximum Gasteiger partial charge on any atom is 0.122 e. The van der Waals surface area contributed by atoms with Gasteiger partial charge in [-0.25, -0.2) is 0 Å². The molecule has 1 aliphatic rings. The quantitative estimate of drug-likeness (QED) is 0.857. The van der Waals surface area contributed by atoms with Gasteiger partial charge in [0.2, 0.25) is 0 Å². The van der Waals surface area contributed by atoms with E-state index in [1.165, 1.54) is 0 Å². The lowest BCUT2D eigenvalue weighted by Gasteiger charge is -2.12. The fourth-order valence-corrected chi connectivity index (χ4v) is 2.00. The minimum atomic E-state index is -0.411. The van der Waals surface area contributed by atoms with Gasteiger partial charge in [-0.15, -0.1) is 0 Å². The molecule has 1 aromatic carbocycles. The summed E-state index contributed by atoms with van der Waals surface area (Å²) < 4.78 is 5.54. The molecule has 0 heterocycles. The molecule has 0 saturated heterocycles. The third-order valence-electron chi connectivity index (χ3n) is 3.01. The summed E-state index contributed by atoms with van der Waals surface area (Å²) in [6.45, 7) is 2.62. The Balaban J connectivity index is 2.07. The molecule has 88 valence electrons. The first-order valence-electron chi connectivity index (χ1n) is 5.76. The Morgan fingerprint density at radius 3 is 2.81 bits per heavy atom. The molecule has 1 aromatic rings. The van der Waals surface area contributed by atoms with Gasteiger partial charge >= 0.3 is 0 Å². The summed E-state index contributed by atoms with van der Waals surface area (Å²) in [4.78, 5) is 0. The van der Waals surface area contributed by atoms with Gasteiger partial charge in [0.25, 0.3) is 0 Å². The Morgan fingerprint density at radius 2 is 2.19 bits per heavy atom. The van der Waals surface area contributed by atoms with Crippen molar-refractivity contribution in [3.63, 3.8) is 0 Å². The third-order valence-corrected chi connectivity index (χ3v) is 3.24. The van der Waals surface area contributed by atoms with Crippen molar-refractivity contribution in [1.82, 2.24) is 0 Å². The van der Waals surface area contributed by atoms with E-state index in [0.717, 1.165) is 42.0 Å². The highest BCUT2D eigenvalue weighted by Gasteiger charge is 2.39. The van der Waals surface area contributed by atoms with Crippen LogP contribution in [0.4, 0.5) is 0 Å². The van der Waals surface area contributed by atoms with Crippen molar-refractivity contribution in [2.24, 2.45) is 0 Å². The monoisotopic (exact) mass is 240 g/mol. The van der Waals surface area contributed by atoms with Crippen LogP contribution in [0.15, 0.2) is 18.2 Å². The van der Waals surface area contributed by atoms with Crippen molar-refractivity contribution >= 4 is 11.6 Å². The molecule has 2 nitrogen and oxygen atoms in total. The van der Waals surface area contributed by atoms with E-state index in [9.17, 15) is 5.11 Å². The van der Waals surface area contributed by atoms with E-state index in [4.69, 9.17) is 16.3 Å². The van der Waals surface area contributed by atoms with Gasteiger partial charge in [-0.3, -0.25) is 0 Å². The summed E-state index contributed by atoms with van der Waals surface area (Å²) >= 11 is 5.96. The van der Waals surface area contributed by atoms with E-state index in [-0.39, 0.29) is 0 Å². The summed E-state index contributed by atoms with van der Waals surface area (Å²) in [7, 11) is 0. The molecule has 1 N–H and O–H groups in total. The second kappa shape index (κ2) is 4.64. The van der Waals surface area contributed by atoms with E-state index in [2.05, 4.69) is 0 Å². The molecule has 0 aliphatic heterocycles. The smallest absolute Gasteiger partial charge is 0.122 e. The average molecular weight is 241 g/mol. The topological polar surface area (TPSA) is 29.5 Å². The van der Waals surface area contributed by atoms with Gasteiger partial charge in [0.05, 0.1) is 12.2 Å². The number of aliphatic hydroxyl groups is 1. The van der Waals surface area contributed by atoms with E-state index >= 15 is 0 Å². The van der Waals surface area contributed by atoms with Crippen LogP contribution in [0, 0.1) is 0 Å². The normalized spacial score (nSPS) is 17.2. The van der Waals surface area contributed by atoms with Crippen molar-refractivity contribution in [3.05, 3.63) is 28.8 Å². The Bertz CT molecular complexity index is 372. The Morgan fingerprint density at radius 1 is 1.44 bits per heavy atom. The lowest BCUT2D eigenvalue weighted by atomic mass is 10.0. The standard InChI is InChI=1S/C13H17ClO2/c1-2-16-12-4-3-11(14)9-10(12)5-6-13(15)7-8-13/h3-4,9,15H,2,5-8H2,1H3. The molecule has 1 saturated carbocycles. The summed E-state index contributed by atoms with van der Waals surface area (Å²) in [6, 6.07) is 5.66. The third kappa shape index (κ3) is 2.89. The Labute approximate surface area is 101 Å². The van der Waals surface area contributed by atoms with Crippen LogP contribution in [0.1, 0.15) is 31.7 Å². The number of rotatable bonds is 5. The largest absolute Gasteiger partial charge is 0.494 e. The van der Waals surface area contributed by atoms with Gasteiger partial charge in [0, 0.05) is 5.02 Å². The number of benzene rings is 1. The first-order valence-corrected chi connectivity index (χ1v) is 6.14. The molecule has 1 fully saturated rings. The van der Waals surface area contributed by atoms with Gasteiger partial charge in [0.15, 0.2) is 0 Å². The average Bonchev–Trinajstić information content (AvgIpc) is 2.98. The Kier molecular flexibility index (Phi) is 3.41. The minimum Gasteiger partial charge on any atom is -0.494 e. The SMILES string of the molecule is CCOc1ccc(Cl)cc1CCC1(O)CC1. The van der Waals surface area contributed by atoms with Crippen LogP contribution in [0.2, 0.25) is 5.02 Å². The van der Waals surface area contributed by atoms with Gasteiger partial charge in [0.1, 0.15) is 5.75 Å². The molecule has 0 amide bonds. The van der Waals surface area contributed by atoms with Gasteiger partial charge in [-0.05, 0) is 56.4 Å². The van der Waals surface area contributed by atoms with E-state index < -0.39 is 5.60 Å². The van der Waals surface area contributed by atoms with Crippen LogP contribution in [0.3, 0.4) is 0 Å². The van der Waals surface area contributed by atoms with Crippen molar-refractivity contribution in [2.75, 3.05) is 6.61 Å². The van der Waals surface area contributed by atoms with Crippen LogP contribution in [-0.2, 0) is 6.42 Å². The van der Waals surface area contributed by atoms with Crippen LogP contribution >= 0.6 is 11.6 Å². The van der Waals surface area contributed by atoms with Gasteiger partial charge in [-0.2, -0.15) is 0 Å². The van der Waals surface area contributed by atoms with Crippen molar-refractivity contribution in [1.29, 1.82) is 0 Å². The molecule has 0 atom stereocenters. The molecule has 0 aromatic heterocycles. The molecule has 16 heavy (non-hydrogen) atoms. The van der Waals surface area contributed by atoms with Crippen LogP contribution in [0.5, 0.6) is 5.75 Å². The number of halogens is 1. The van der Waals surface area contributed by atoms with Crippen molar-refractivity contribution in [3.8, 4) is 5.75 Å². The molecule has 0 unspecified atom stereocenters. The highest BCUT2D eigenvalue weighted by Crippen LogP contribution is 2.40. The lowest BCUT2D eigenvalue weighted by molar-refractivity contribution is 0.140. The maximum absolute atomic E-state index is 9.81. The predicted octanol–water partition coefficient (Wildman–Crippen LogP) is 3.20. The molecule has 0 bridgehead atoms. The van der Waals surface area contributed by atoms with Gasteiger partial charge in [-0.1, -0.05) is 11.6 Å². The summed E-state index contributed by atoms with van der Waals surface area (Å²) in [5, 5.41) is 10.5. The first kappa shape index (κ1) is 11.7. The molecule has 3 heteroatoms. The number of ether oxygens (including phenoxy) is 1. The van der Waals surface area contributed by atoms with Crippen molar-refractivity contribution < 1.29 is 9.84 Å². The molecule has 1 aliphatic carbocycles. The zero-order valence-corrected chi connectivity index (χ0v) is 10.3. The highest BCUT2D eigenvalue weighted by molar-refractivity contribution is 6.30. The van der Waals surface area contributed by atoms with Crippen LogP contribution < -0.4 is 4.74 Å². The Hall–Kier alpha value is -0.730. The zero-order valence-electron chi connectivity index (χ0n) is 9.50. The van der Waals surface area contributed by atoms with Crippen LogP contribution in [0.25, 0.3) is 0 Å². The van der Waals surface area contributed by atoms with Crippen LogP contribution in [-0.4, -0.2) is 17.3 Å². The minimum absolute atomic E-state index is 0.411. The molecule has 0 radical (unpaired) electrons. The zero-order chi connectivity index (χ0) is 11.6. The summed E-state index contributed by atoms with van der Waals surface area (Å²) in [5.41, 5.74) is 0.681. The second-order valence-corrected chi connectivity index (χ2v) is 4.85. The van der Waals surface area contributed by atoms with E-state index in [1.807, 2.05) is 25.1 Å². The number of hydrogen-bond donors (Lipinski definition) is 1. The number of aryl methyl sites for hydroxylation is 1. The van der Waals surface area contributed by atoms with E-state index in [1.54, 1.807) is 0 Å². The first-order chi connectivity index (χ1) is 7.63. The fourth-order valence-electron chi connectivity index (χ4n) is 1.80. The fraction of sp³-hybridized carbons (Fsp3) is 0.538. The predicted molar refractivity (Wildman–Crippen MR) is 65.1 cm³/mol. The molecule has 0 spiro atoms. The lowest BCUT2D eigenvalue weighted by Crippen LogP contribution is -2.08. The van der Waals surface area contributed by atoms with Crippen molar-refractivity contribution in [2.45, 2.75) is 38.2 Å². The molecule has 2 rings (SSSR count). The summed E-state index contributed by atoms with van der Waals surface area (Å²) in [5.74, 6) is 0.885. The maximum atomic E-state index is 9.81. The van der Waals surface area contributed by atoms with Gasteiger partial charge < -0.3 is 9.84 Å². The summed E-state index contributed by atoms with van der Waals surface area (Å²) in [6.07, 6.45) is 3.48.